The van der Waals surface area contributed by atoms with Crippen LogP contribution in [0.4, 0.5) is 0 Å². The van der Waals surface area contributed by atoms with Gasteiger partial charge in [0.05, 0.1) is 24.8 Å². The second kappa shape index (κ2) is 5.89. The van der Waals surface area contributed by atoms with E-state index in [1.807, 2.05) is 18.2 Å². The summed E-state index contributed by atoms with van der Waals surface area (Å²) in [7, 11) is 0. The molecule has 1 N–H and O–H groups in total. The van der Waals surface area contributed by atoms with E-state index in [-0.39, 0.29) is 11.3 Å². The standard InChI is InChI=1S/C20H24N2O2/c21-13-16-2-1-3-17(10-16)20(8-9-24-20)14-22-18(23)12-19-6-4-15(11-19)5-7-19/h1-3,10,15H,4-9,11-12,14H2,(H,22,23)/t15?,19?,20-/m1/s1. The number of nitrogens with zero attached hydrogens (tertiary/aromatic N) is 1. The fourth-order valence-electron chi connectivity index (χ4n) is 4.89. The predicted molar refractivity (Wildman–Crippen MR) is 90.0 cm³/mol. The van der Waals surface area contributed by atoms with Gasteiger partial charge in [0, 0.05) is 12.8 Å². The summed E-state index contributed by atoms with van der Waals surface area (Å²) in [6.07, 6.45) is 7.84. The van der Waals surface area contributed by atoms with Crippen LogP contribution in [0.25, 0.3) is 0 Å². The molecule has 4 heteroatoms. The van der Waals surface area contributed by atoms with Crippen molar-refractivity contribution in [2.45, 2.75) is 50.5 Å². The van der Waals surface area contributed by atoms with E-state index in [0.29, 0.717) is 25.1 Å². The molecule has 0 spiro atoms. The number of hydrogen-bond donors (Lipinski definition) is 1. The van der Waals surface area contributed by atoms with Crippen molar-refractivity contribution in [2.24, 2.45) is 11.3 Å². The molecule has 3 fully saturated rings. The zero-order valence-electron chi connectivity index (χ0n) is 14.0. The number of amides is 1. The smallest absolute Gasteiger partial charge is 0.220 e. The zero-order chi connectivity index (χ0) is 16.6. The van der Waals surface area contributed by atoms with Crippen molar-refractivity contribution in [2.75, 3.05) is 13.2 Å². The van der Waals surface area contributed by atoms with Gasteiger partial charge in [-0.2, -0.15) is 5.26 Å². The highest BCUT2D eigenvalue weighted by atomic mass is 16.5. The van der Waals surface area contributed by atoms with Crippen LogP contribution in [0.3, 0.4) is 0 Å². The number of nitriles is 1. The molecule has 1 heterocycles. The first-order valence-electron chi connectivity index (χ1n) is 9.05. The molecular formula is C20H24N2O2. The quantitative estimate of drug-likeness (QED) is 0.904. The number of benzene rings is 1. The van der Waals surface area contributed by atoms with Gasteiger partial charge in [0.15, 0.2) is 0 Å². The summed E-state index contributed by atoms with van der Waals surface area (Å²) in [4.78, 5) is 12.5. The van der Waals surface area contributed by atoms with Crippen LogP contribution in [-0.4, -0.2) is 19.1 Å². The molecule has 2 aliphatic carbocycles. The van der Waals surface area contributed by atoms with Crippen molar-refractivity contribution < 1.29 is 9.53 Å². The van der Waals surface area contributed by atoms with Gasteiger partial charge in [-0.1, -0.05) is 12.1 Å². The van der Waals surface area contributed by atoms with Gasteiger partial charge in [-0.15, -0.1) is 0 Å². The van der Waals surface area contributed by atoms with Crippen LogP contribution in [0.5, 0.6) is 0 Å². The minimum atomic E-state index is -0.450. The molecular weight excluding hydrogens is 300 g/mol. The van der Waals surface area contributed by atoms with E-state index in [9.17, 15) is 4.79 Å². The van der Waals surface area contributed by atoms with Crippen molar-refractivity contribution in [1.82, 2.24) is 5.32 Å². The van der Waals surface area contributed by atoms with Gasteiger partial charge in [-0.05, 0) is 61.1 Å². The number of rotatable bonds is 5. The van der Waals surface area contributed by atoms with Gasteiger partial charge < -0.3 is 10.1 Å². The highest BCUT2D eigenvalue weighted by molar-refractivity contribution is 5.77. The summed E-state index contributed by atoms with van der Waals surface area (Å²) in [6, 6.07) is 9.72. The van der Waals surface area contributed by atoms with Gasteiger partial charge in [0.2, 0.25) is 5.91 Å². The molecule has 1 aliphatic heterocycles. The summed E-state index contributed by atoms with van der Waals surface area (Å²) in [5.41, 5.74) is 1.46. The Kier molecular flexibility index (Phi) is 3.85. The van der Waals surface area contributed by atoms with Crippen LogP contribution < -0.4 is 5.32 Å². The third-order valence-corrected chi connectivity index (χ3v) is 6.40. The molecule has 0 unspecified atom stereocenters. The Morgan fingerprint density at radius 3 is 2.71 bits per heavy atom. The molecule has 0 radical (unpaired) electrons. The number of carbonyl (C=O) groups is 1. The van der Waals surface area contributed by atoms with Gasteiger partial charge in [-0.3, -0.25) is 4.79 Å². The molecule has 2 bridgehead atoms. The molecule has 24 heavy (non-hydrogen) atoms. The van der Waals surface area contributed by atoms with Gasteiger partial charge >= 0.3 is 0 Å². The first-order chi connectivity index (χ1) is 11.6. The molecule has 3 aliphatic rings. The Morgan fingerprint density at radius 1 is 1.33 bits per heavy atom. The molecule has 4 nitrogen and oxygen atoms in total. The average Bonchev–Trinajstić information content (AvgIpc) is 3.14. The number of nitrogens with one attached hydrogen (secondary N) is 1. The minimum absolute atomic E-state index is 0.156. The zero-order valence-corrected chi connectivity index (χ0v) is 14.0. The summed E-state index contributed by atoms with van der Waals surface area (Å²) in [5.74, 6) is 1.02. The Bertz CT molecular complexity index is 679. The summed E-state index contributed by atoms with van der Waals surface area (Å²) in [6.45, 7) is 1.21. The molecule has 126 valence electrons. The molecule has 1 saturated heterocycles. The maximum Gasteiger partial charge on any atom is 0.220 e. The normalized spacial score (nSPS) is 33.7. The first-order valence-corrected chi connectivity index (χ1v) is 9.05. The van der Waals surface area contributed by atoms with E-state index in [4.69, 9.17) is 10.00 Å². The van der Waals surface area contributed by atoms with Crippen LogP contribution in [0.2, 0.25) is 0 Å². The molecule has 0 aromatic heterocycles. The number of hydrogen-bond acceptors (Lipinski definition) is 3. The first kappa shape index (κ1) is 15.7. The summed E-state index contributed by atoms with van der Waals surface area (Å²) < 4.78 is 5.86. The average molecular weight is 324 g/mol. The van der Waals surface area contributed by atoms with Crippen LogP contribution in [0.1, 0.15) is 56.1 Å². The van der Waals surface area contributed by atoms with Crippen molar-refractivity contribution in [3.63, 3.8) is 0 Å². The Balaban J connectivity index is 1.40. The fraction of sp³-hybridized carbons (Fsp3) is 0.600. The van der Waals surface area contributed by atoms with E-state index in [0.717, 1.165) is 17.9 Å². The van der Waals surface area contributed by atoms with E-state index >= 15 is 0 Å². The van der Waals surface area contributed by atoms with Crippen LogP contribution in [0, 0.1) is 22.7 Å². The Labute approximate surface area is 143 Å². The lowest BCUT2D eigenvalue weighted by Crippen LogP contribution is -2.50. The molecule has 1 amide bonds. The number of ether oxygens (including phenoxy) is 1. The fourth-order valence-corrected chi connectivity index (χ4v) is 4.89. The Hall–Kier alpha value is -1.86. The molecule has 1 aromatic carbocycles. The van der Waals surface area contributed by atoms with Crippen molar-refractivity contribution in [1.29, 1.82) is 5.26 Å². The monoisotopic (exact) mass is 324 g/mol. The summed E-state index contributed by atoms with van der Waals surface area (Å²) in [5, 5.41) is 12.2. The SMILES string of the molecule is N#Cc1cccc([C@]2(CNC(=O)CC34CCC(CC3)C4)CCO2)c1. The van der Waals surface area contributed by atoms with E-state index in [1.54, 1.807) is 6.07 Å². The van der Waals surface area contributed by atoms with Gasteiger partial charge in [0.25, 0.3) is 0 Å². The molecule has 1 aromatic rings. The van der Waals surface area contributed by atoms with Gasteiger partial charge in [-0.25, -0.2) is 0 Å². The van der Waals surface area contributed by atoms with Crippen molar-refractivity contribution >= 4 is 5.91 Å². The topological polar surface area (TPSA) is 62.1 Å². The lowest BCUT2D eigenvalue weighted by Gasteiger charge is -2.42. The largest absolute Gasteiger partial charge is 0.368 e. The second-order valence-corrected chi connectivity index (χ2v) is 7.89. The maximum atomic E-state index is 12.5. The summed E-state index contributed by atoms with van der Waals surface area (Å²) >= 11 is 0. The van der Waals surface area contributed by atoms with Crippen molar-refractivity contribution in [3.8, 4) is 6.07 Å². The molecule has 4 rings (SSSR count). The second-order valence-electron chi connectivity index (χ2n) is 7.89. The minimum Gasteiger partial charge on any atom is -0.368 e. The predicted octanol–water partition coefficient (Wildman–Crippen LogP) is 3.26. The molecule has 1 atom stereocenters. The highest BCUT2D eigenvalue weighted by Gasteiger charge is 2.46. The lowest BCUT2D eigenvalue weighted by molar-refractivity contribution is -0.155. The maximum absolute atomic E-state index is 12.5. The number of fused-ring (bicyclic) bond motifs is 2. The van der Waals surface area contributed by atoms with Crippen molar-refractivity contribution in [3.05, 3.63) is 35.4 Å². The molecule has 2 saturated carbocycles. The highest BCUT2D eigenvalue weighted by Crippen LogP contribution is 2.55. The lowest BCUT2D eigenvalue weighted by atomic mass is 9.80. The van der Waals surface area contributed by atoms with E-state index < -0.39 is 5.60 Å². The van der Waals surface area contributed by atoms with Crippen LogP contribution >= 0.6 is 0 Å². The van der Waals surface area contributed by atoms with Gasteiger partial charge in [0.1, 0.15) is 5.60 Å². The van der Waals surface area contributed by atoms with Crippen LogP contribution in [0.15, 0.2) is 24.3 Å². The van der Waals surface area contributed by atoms with Crippen LogP contribution in [-0.2, 0) is 15.1 Å². The Morgan fingerprint density at radius 2 is 2.12 bits per heavy atom. The third-order valence-electron chi connectivity index (χ3n) is 6.40. The van der Waals surface area contributed by atoms with E-state index in [1.165, 1.54) is 32.1 Å². The van der Waals surface area contributed by atoms with E-state index in [2.05, 4.69) is 11.4 Å². The number of carbonyl (C=O) groups excluding carboxylic acids is 1. The third kappa shape index (κ3) is 2.71.